The van der Waals surface area contributed by atoms with Crippen molar-refractivity contribution < 1.29 is 13.9 Å². The SMILES string of the molecule is CCOC(=O)c1cccc(-c2ccc(/C=C(/C#N)c3nc4ccc(C)cc4[nH]3)o2)c1. The second-order valence-corrected chi connectivity index (χ2v) is 6.78. The first kappa shape index (κ1) is 19.2. The Morgan fingerprint density at radius 3 is 2.90 bits per heavy atom. The molecule has 0 saturated carbocycles. The second kappa shape index (κ2) is 8.10. The van der Waals surface area contributed by atoms with Gasteiger partial charge in [-0.15, -0.1) is 0 Å². The van der Waals surface area contributed by atoms with E-state index in [2.05, 4.69) is 16.0 Å². The molecule has 2 heterocycles. The van der Waals surface area contributed by atoms with Crippen molar-refractivity contribution >= 4 is 28.7 Å². The number of carbonyl (C=O) groups excluding carboxylic acids is 1. The van der Waals surface area contributed by atoms with Crippen molar-refractivity contribution in [2.24, 2.45) is 0 Å². The average molecular weight is 397 g/mol. The van der Waals surface area contributed by atoms with E-state index in [1.807, 2.05) is 31.2 Å². The van der Waals surface area contributed by atoms with E-state index in [1.54, 1.807) is 43.3 Å². The first-order valence-electron chi connectivity index (χ1n) is 9.53. The number of ether oxygens (including phenoxy) is 1. The topological polar surface area (TPSA) is 91.9 Å². The molecule has 30 heavy (non-hydrogen) atoms. The Balaban J connectivity index is 1.64. The lowest BCUT2D eigenvalue weighted by Crippen LogP contribution is -2.04. The highest BCUT2D eigenvalue weighted by atomic mass is 16.5. The van der Waals surface area contributed by atoms with Crippen LogP contribution in [0.4, 0.5) is 0 Å². The second-order valence-electron chi connectivity index (χ2n) is 6.78. The summed E-state index contributed by atoms with van der Waals surface area (Å²) in [6.07, 6.45) is 1.64. The molecule has 0 unspecified atom stereocenters. The molecule has 1 N–H and O–H groups in total. The molecule has 0 fully saturated rings. The number of furan rings is 1. The van der Waals surface area contributed by atoms with Crippen LogP contribution in [-0.2, 0) is 4.74 Å². The number of benzene rings is 2. The van der Waals surface area contributed by atoms with Crippen molar-refractivity contribution in [1.82, 2.24) is 9.97 Å². The normalized spacial score (nSPS) is 11.4. The summed E-state index contributed by atoms with van der Waals surface area (Å²) in [4.78, 5) is 19.6. The summed E-state index contributed by atoms with van der Waals surface area (Å²) in [7, 11) is 0. The zero-order valence-electron chi connectivity index (χ0n) is 16.6. The number of hydrogen-bond donors (Lipinski definition) is 1. The number of nitrogens with one attached hydrogen (secondary N) is 1. The fourth-order valence-electron chi connectivity index (χ4n) is 3.15. The molecule has 0 bridgehead atoms. The number of carbonyl (C=O) groups is 1. The third-order valence-electron chi connectivity index (χ3n) is 4.58. The molecule has 2 aromatic heterocycles. The molecule has 4 rings (SSSR count). The maximum absolute atomic E-state index is 12.0. The van der Waals surface area contributed by atoms with Gasteiger partial charge < -0.3 is 14.1 Å². The lowest BCUT2D eigenvalue weighted by molar-refractivity contribution is 0.0526. The van der Waals surface area contributed by atoms with Gasteiger partial charge in [-0.3, -0.25) is 0 Å². The molecule has 0 amide bonds. The first-order valence-corrected chi connectivity index (χ1v) is 9.53. The first-order chi connectivity index (χ1) is 14.6. The number of aromatic nitrogens is 2. The summed E-state index contributed by atoms with van der Waals surface area (Å²) in [6.45, 7) is 4.09. The third kappa shape index (κ3) is 3.87. The third-order valence-corrected chi connectivity index (χ3v) is 4.58. The van der Waals surface area contributed by atoms with Crippen LogP contribution in [0, 0.1) is 18.3 Å². The van der Waals surface area contributed by atoms with Crippen LogP contribution in [-0.4, -0.2) is 22.5 Å². The van der Waals surface area contributed by atoms with Gasteiger partial charge in [0.25, 0.3) is 0 Å². The van der Waals surface area contributed by atoms with Crippen molar-refractivity contribution in [3.63, 3.8) is 0 Å². The standard InChI is InChI=1S/C24H19N3O3/c1-3-29-24(28)17-6-4-5-16(12-17)22-10-8-19(30-22)13-18(14-25)23-26-20-9-7-15(2)11-21(20)27-23/h4-13H,3H2,1-2H3,(H,26,27)/b18-13-. The number of nitriles is 1. The van der Waals surface area contributed by atoms with Gasteiger partial charge in [0, 0.05) is 11.6 Å². The monoisotopic (exact) mass is 397 g/mol. The highest BCUT2D eigenvalue weighted by Crippen LogP contribution is 2.26. The van der Waals surface area contributed by atoms with E-state index in [4.69, 9.17) is 9.15 Å². The predicted octanol–water partition coefficient (Wildman–Crippen LogP) is 5.37. The molecular weight excluding hydrogens is 378 g/mol. The van der Waals surface area contributed by atoms with Crippen LogP contribution in [0.1, 0.15) is 34.4 Å². The number of aryl methyl sites for hydroxylation is 1. The Kier molecular flexibility index (Phi) is 5.19. The molecule has 0 spiro atoms. The lowest BCUT2D eigenvalue weighted by atomic mass is 10.1. The minimum absolute atomic E-state index is 0.317. The molecular formula is C24H19N3O3. The number of hydrogen-bond acceptors (Lipinski definition) is 5. The molecule has 4 aromatic rings. The van der Waals surface area contributed by atoms with Crippen LogP contribution in [0.3, 0.4) is 0 Å². The molecule has 0 saturated heterocycles. The molecule has 0 radical (unpaired) electrons. The van der Waals surface area contributed by atoms with E-state index in [9.17, 15) is 10.1 Å². The Morgan fingerprint density at radius 2 is 2.10 bits per heavy atom. The smallest absolute Gasteiger partial charge is 0.338 e. The minimum Gasteiger partial charge on any atom is -0.462 e. The molecule has 0 atom stereocenters. The molecule has 148 valence electrons. The van der Waals surface area contributed by atoms with Crippen molar-refractivity contribution in [1.29, 1.82) is 5.26 Å². The van der Waals surface area contributed by atoms with Gasteiger partial charge in [-0.25, -0.2) is 9.78 Å². The minimum atomic E-state index is -0.377. The average Bonchev–Trinajstić information content (AvgIpc) is 3.39. The quantitative estimate of drug-likeness (QED) is 0.361. The summed E-state index contributed by atoms with van der Waals surface area (Å²) in [5.74, 6) is 1.21. The van der Waals surface area contributed by atoms with E-state index < -0.39 is 0 Å². The van der Waals surface area contributed by atoms with Crippen molar-refractivity contribution in [2.75, 3.05) is 6.61 Å². The Morgan fingerprint density at radius 1 is 1.23 bits per heavy atom. The van der Waals surface area contributed by atoms with E-state index in [1.165, 1.54) is 0 Å². The summed E-state index contributed by atoms with van der Waals surface area (Å²) in [6, 6.07) is 18.7. The summed E-state index contributed by atoms with van der Waals surface area (Å²) < 4.78 is 10.9. The highest BCUT2D eigenvalue weighted by molar-refractivity contribution is 5.91. The molecule has 2 aromatic carbocycles. The number of aromatic amines is 1. The Labute approximate surface area is 173 Å². The van der Waals surface area contributed by atoms with Gasteiger partial charge in [-0.05, 0) is 55.8 Å². The zero-order valence-corrected chi connectivity index (χ0v) is 16.6. The summed E-state index contributed by atoms with van der Waals surface area (Å²) in [5.41, 5.74) is 4.36. The maximum atomic E-state index is 12.0. The van der Waals surface area contributed by atoms with Gasteiger partial charge in [0.1, 0.15) is 23.4 Å². The van der Waals surface area contributed by atoms with Crippen LogP contribution in [0.5, 0.6) is 0 Å². The number of rotatable bonds is 5. The van der Waals surface area contributed by atoms with Crippen LogP contribution in [0.2, 0.25) is 0 Å². The number of allylic oxidation sites excluding steroid dienone is 1. The largest absolute Gasteiger partial charge is 0.462 e. The van der Waals surface area contributed by atoms with Crippen molar-refractivity contribution in [3.05, 3.63) is 77.3 Å². The van der Waals surface area contributed by atoms with Gasteiger partial charge in [0.2, 0.25) is 0 Å². The maximum Gasteiger partial charge on any atom is 0.338 e. The van der Waals surface area contributed by atoms with E-state index in [0.29, 0.717) is 35.1 Å². The highest BCUT2D eigenvalue weighted by Gasteiger charge is 2.12. The van der Waals surface area contributed by atoms with Gasteiger partial charge in [-0.1, -0.05) is 18.2 Å². The molecule has 6 nitrogen and oxygen atoms in total. The van der Waals surface area contributed by atoms with Crippen LogP contribution >= 0.6 is 0 Å². The number of esters is 1. The molecule has 6 heteroatoms. The molecule has 0 aliphatic rings. The Hall–Kier alpha value is -4.11. The van der Waals surface area contributed by atoms with E-state index in [-0.39, 0.29) is 5.97 Å². The van der Waals surface area contributed by atoms with Gasteiger partial charge in [0.15, 0.2) is 0 Å². The van der Waals surface area contributed by atoms with Crippen molar-refractivity contribution in [3.8, 4) is 17.4 Å². The van der Waals surface area contributed by atoms with Gasteiger partial charge in [-0.2, -0.15) is 5.26 Å². The predicted molar refractivity (Wildman–Crippen MR) is 114 cm³/mol. The molecule has 0 aliphatic heterocycles. The number of nitrogens with zero attached hydrogens (tertiary/aromatic N) is 2. The zero-order chi connectivity index (χ0) is 21.1. The van der Waals surface area contributed by atoms with Gasteiger partial charge >= 0.3 is 5.97 Å². The van der Waals surface area contributed by atoms with Crippen LogP contribution in [0.15, 0.2) is 59.0 Å². The van der Waals surface area contributed by atoms with Crippen molar-refractivity contribution in [2.45, 2.75) is 13.8 Å². The summed E-state index contributed by atoms with van der Waals surface area (Å²) in [5, 5.41) is 9.62. The van der Waals surface area contributed by atoms with E-state index in [0.717, 1.165) is 22.2 Å². The number of imidazole rings is 1. The van der Waals surface area contributed by atoms with Crippen LogP contribution < -0.4 is 0 Å². The molecule has 0 aliphatic carbocycles. The van der Waals surface area contributed by atoms with Crippen LogP contribution in [0.25, 0.3) is 34.0 Å². The lowest BCUT2D eigenvalue weighted by Gasteiger charge is -2.03. The summed E-state index contributed by atoms with van der Waals surface area (Å²) >= 11 is 0. The Bertz CT molecular complexity index is 1300. The fourth-order valence-corrected chi connectivity index (χ4v) is 3.15. The fraction of sp³-hybridized carbons (Fsp3) is 0.125. The number of H-pyrrole nitrogens is 1. The van der Waals surface area contributed by atoms with E-state index >= 15 is 0 Å². The van der Waals surface area contributed by atoms with Gasteiger partial charge in [0.05, 0.1) is 28.8 Å². The number of fused-ring (bicyclic) bond motifs is 1.